The zero-order valence-corrected chi connectivity index (χ0v) is 14.0. The highest BCUT2D eigenvalue weighted by molar-refractivity contribution is 6.00. The van der Waals surface area contributed by atoms with Crippen LogP contribution in [0.25, 0.3) is 6.08 Å². The molecule has 0 atom stereocenters. The number of carbonyl (C=O) groups is 1. The number of aliphatic hydroxyl groups excluding tert-OH is 1. The second-order valence-electron chi connectivity index (χ2n) is 5.70. The third-order valence-corrected chi connectivity index (χ3v) is 2.90. The number of rotatable bonds is 8. The van der Waals surface area contributed by atoms with Crippen molar-refractivity contribution in [3.05, 3.63) is 77.7 Å². The van der Waals surface area contributed by atoms with Gasteiger partial charge in [0.1, 0.15) is 5.76 Å². The maximum Gasteiger partial charge on any atom is 0.184 e. The second-order valence-corrected chi connectivity index (χ2v) is 5.70. The van der Waals surface area contributed by atoms with Gasteiger partial charge < -0.3 is 10.4 Å². The molecule has 0 aliphatic heterocycles. The van der Waals surface area contributed by atoms with Gasteiger partial charge in [-0.15, -0.1) is 0 Å². The van der Waals surface area contributed by atoms with E-state index in [1.54, 1.807) is 6.08 Å². The van der Waals surface area contributed by atoms with E-state index in [4.69, 9.17) is 0 Å². The first-order valence-corrected chi connectivity index (χ1v) is 7.74. The summed E-state index contributed by atoms with van der Waals surface area (Å²) in [5.74, 6) is 0.199. The predicted octanol–water partition coefficient (Wildman–Crippen LogP) is 4.42. The molecule has 3 heteroatoms. The molecular formula is C20H25NO2. The molecule has 0 aromatic heterocycles. The maximum absolute atomic E-state index is 11.8. The summed E-state index contributed by atoms with van der Waals surface area (Å²) in [6.45, 7) is 6.85. The summed E-state index contributed by atoms with van der Waals surface area (Å²) in [6.07, 6.45) is 9.60. The van der Waals surface area contributed by atoms with Gasteiger partial charge in [0.15, 0.2) is 5.78 Å². The molecule has 0 aliphatic carbocycles. The van der Waals surface area contributed by atoms with E-state index in [9.17, 15) is 9.90 Å². The van der Waals surface area contributed by atoms with E-state index in [0.717, 1.165) is 17.8 Å². The lowest BCUT2D eigenvalue weighted by Crippen LogP contribution is -2.18. The highest BCUT2D eigenvalue weighted by atomic mass is 16.3. The van der Waals surface area contributed by atoms with Crippen molar-refractivity contribution in [2.75, 3.05) is 6.54 Å². The molecule has 0 fully saturated rings. The molecular weight excluding hydrogens is 286 g/mol. The minimum atomic E-state index is -0.243. The lowest BCUT2D eigenvalue weighted by Gasteiger charge is -2.08. The van der Waals surface area contributed by atoms with Crippen LogP contribution in [0, 0.1) is 5.92 Å². The fraction of sp³-hybridized carbons (Fsp3) is 0.250. The van der Waals surface area contributed by atoms with E-state index >= 15 is 0 Å². The Kier molecular flexibility index (Phi) is 8.22. The van der Waals surface area contributed by atoms with Crippen LogP contribution in [-0.4, -0.2) is 17.4 Å². The van der Waals surface area contributed by atoms with Crippen molar-refractivity contribution in [1.29, 1.82) is 0 Å². The fourth-order valence-corrected chi connectivity index (χ4v) is 1.75. The van der Waals surface area contributed by atoms with Crippen LogP contribution >= 0.6 is 0 Å². The quantitative estimate of drug-likeness (QED) is 0.424. The Morgan fingerprint density at radius 3 is 2.52 bits per heavy atom. The number of allylic oxidation sites excluding steroid dienone is 6. The standard InChI is InChI=1S/C20H25NO2/c1-16(2)15-21-17(3)13-20(23)14-19(22)12-8-7-11-18-9-5-4-6-10-18/h4-14,16,21-22H,15H2,1-3H3/b11-7+,12-8+,17-13+,19-14-. The lowest BCUT2D eigenvalue weighted by atomic mass is 10.2. The van der Waals surface area contributed by atoms with Crippen molar-refractivity contribution in [2.45, 2.75) is 20.8 Å². The van der Waals surface area contributed by atoms with E-state index in [0.29, 0.717) is 5.92 Å². The van der Waals surface area contributed by atoms with E-state index in [1.165, 1.54) is 18.2 Å². The Morgan fingerprint density at radius 1 is 1.17 bits per heavy atom. The summed E-state index contributed by atoms with van der Waals surface area (Å²) in [5, 5.41) is 12.9. The Hall–Kier alpha value is -2.55. The molecule has 2 N–H and O–H groups in total. The first-order valence-electron chi connectivity index (χ1n) is 7.74. The summed E-state index contributed by atoms with van der Waals surface area (Å²) >= 11 is 0. The Balaban J connectivity index is 2.52. The predicted molar refractivity (Wildman–Crippen MR) is 96.9 cm³/mol. The summed E-state index contributed by atoms with van der Waals surface area (Å²) in [7, 11) is 0. The number of hydrogen-bond acceptors (Lipinski definition) is 3. The van der Waals surface area contributed by atoms with Crippen molar-refractivity contribution in [1.82, 2.24) is 5.32 Å². The topological polar surface area (TPSA) is 49.3 Å². The van der Waals surface area contributed by atoms with Crippen LogP contribution in [-0.2, 0) is 4.79 Å². The number of carbonyl (C=O) groups excluding carboxylic acids is 1. The van der Waals surface area contributed by atoms with Gasteiger partial charge in [0.25, 0.3) is 0 Å². The molecule has 0 unspecified atom stereocenters. The van der Waals surface area contributed by atoms with E-state index in [2.05, 4.69) is 19.2 Å². The normalized spacial score (nSPS) is 13.2. The van der Waals surface area contributed by atoms with Crippen LogP contribution in [0.5, 0.6) is 0 Å². The van der Waals surface area contributed by atoms with Gasteiger partial charge >= 0.3 is 0 Å². The van der Waals surface area contributed by atoms with Gasteiger partial charge in [-0.05, 0) is 24.5 Å². The second kappa shape index (κ2) is 10.2. The molecule has 3 nitrogen and oxygen atoms in total. The van der Waals surface area contributed by atoms with E-state index < -0.39 is 0 Å². The Morgan fingerprint density at radius 2 is 1.87 bits per heavy atom. The minimum absolute atomic E-state index is 0.0689. The van der Waals surface area contributed by atoms with E-state index in [-0.39, 0.29) is 11.5 Å². The molecule has 0 saturated carbocycles. The number of benzene rings is 1. The average Bonchev–Trinajstić information content (AvgIpc) is 2.50. The number of nitrogens with one attached hydrogen (secondary N) is 1. The van der Waals surface area contributed by atoms with Crippen molar-refractivity contribution in [2.24, 2.45) is 5.92 Å². The first kappa shape index (κ1) is 18.5. The van der Waals surface area contributed by atoms with Crippen LogP contribution in [0.3, 0.4) is 0 Å². The van der Waals surface area contributed by atoms with Gasteiger partial charge in [0.05, 0.1) is 0 Å². The van der Waals surface area contributed by atoms with Crippen LogP contribution in [0.4, 0.5) is 0 Å². The summed E-state index contributed by atoms with van der Waals surface area (Å²) < 4.78 is 0. The minimum Gasteiger partial charge on any atom is -0.508 e. The van der Waals surface area contributed by atoms with Crippen LogP contribution in [0.1, 0.15) is 26.3 Å². The molecule has 122 valence electrons. The lowest BCUT2D eigenvalue weighted by molar-refractivity contribution is -0.110. The maximum atomic E-state index is 11.8. The molecule has 0 spiro atoms. The smallest absolute Gasteiger partial charge is 0.184 e. The molecule has 1 aromatic carbocycles. The Bertz CT molecular complexity index is 608. The third kappa shape index (κ3) is 9.14. The van der Waals surface area contributed by atoms with Gasteiger partial charge in [-0.2, -0.15) is 0 Å². The third-order valence-electron chi connectivity index (χ3n) is 2.90. The van der Waals surface area contributed by atoms with Gasteiger partial charge in [0.2, 0.25) is 0 Å². The van der Waals surface area contributed by atoms with Crippen LogP contribution < -0.4 is 5.32 Å². The van der Waals surface area contributed by atoms with Crippen molar-refractivity contribution >= 4 is 11.9 Å². The first-order chi connectivity index (χ1) is 11.0. The fourth-order valence-electron chi connectivity index (χ4n) is 1.75. The monoisotopic (exact) mass is 311 g/mol. The van der Waals surface area contributed by atoms with Gasteiger partial charge in [-0.3, -0.25) is 4.79 Å². The average molecular weight is 311 g/mol. The molecule has 0 bridgehead atoms. The Labute approximate surface area is 138 Å². The highest BCUT2D eigenvalue weighted by Gasteiger charge is 1.98. The highest BCUT2D eigenvalue weighted by Crippen LogP contribution is 2.02. The molecule has 0 amide bonds. The van der Waals surface area contributed by atoms with Crippen molar-refractivity contribution in [3.8, 4) is 0 Å². The van der Waals surface area contributed by atoms with Gasteiger partial charge in [0, 0.05) is 24.4 Å². The van der Waals surface area contributed by atoms with E-state index in [1.807, 2.05) is 49.4 Å². The van der Waals surface area contributed by atoms with Gasteiger partial charge in [-0.25, -0.2) is 0 Å². The molecule has 0 saturated heterocycles. The van der Waals surface area contributed by atoms with Crippen LogP contribution in [0.2, 0.25) is 0 Å². The summed E-state index contributed by atoms with van der Waals surface area (Å²) in [6, 6.07) is 9.85. The molecule has 23 heavy (non-hydrogen) atoms. The molecule has 0 aliphatic rings. The van der Waals surface area contributed by atoms with Crippen molar-refractivity contribution in [3.63, 3.8) is 0 Å². The number of ketones is 1. The molecule has 0 radical (unpaired) electrons. The SMILES string of the molecule is C/C(=C\C(=O)/C=C(O)/C=C/C=C/c1ccccc1)NCC(C)C. The molecule has 0 heterocycles. The van der Waals surface area contributed by atoms with Crippen molar-refractivity contribution < 1.29 is 9.90 Å². The largest absolute Gasteiger partial charge is 0.508 e. The zero-order chi connectivity index (χ0) is 17.1. The molecule has 1 aromatic rings. The molecule has 1 rings (SSSR count). The summed E-state index contributed by atoms with van der Waals surface area (Å²) in [5.41, 5.74) is 1.87. The zero-order valence-electron chi connectivity index (χ0n) is 14.0. The van der Waals surface area contributed by atoms with Gasteiger partial charge in [-0.1, -0.05) is 62.4 Å². The number of hydrogen-bond donors (Lipinski definition) is 2. The summed E-state index contributed by atoms with van der Waals surface area (Å²) in [4.78, 5) is 11.8. The van der Waals surface area contributed by atoms with Crippen LogP contribution in [0.15, 0.2) is 72.2 Å². The number of aliphatic hydroxyl groups is 1.